The lowest BCUT2D eigenvalue weighted by molar-refractivity contribution is -0.137. The molecule has 0 saturated carbocycles. The number of alkyl halides is 3. The number of rotatable bonds is 5. The normalized spacial score (nSPS) is 11.2. The van der Waals surface area contributed by atoms with Crippen molar-refractivity contribution in [3.8, 4) is 22.6 Å². The lowest BCUT2D eigenvalue weighted by Crippen LogP contribution is -2.11. The molecule has 2 aromatic heterocycles. The van der Waals surface area contributed by atoms with Crippen molar-refractivity contribution in [3.05, 3.63) is 96.6 Å². The summed E-state index contributed by atoms with van der Waals surface area (Å²) < 4.78 is 44.4. The van der Waals surface area contributed by atoms with Crippen molar-refractivity contribution in [3.63, 3.8) is 0 Å². The van der Waals surface area contributed by atoms with Gasteiger partial charge in [-0.05, 0) is 65.7 Å². The Bertz CT molecular complexity index is 1190. The van der Waals surface area contributed by atoms with Crippen LogP contribution in [0.2, 0.25) is 0 Å². The van der Waals surface area contributed by atoms with Gasteiger partial charge in [0.1, 0.15) is 17.2 Å². The maximum absolute atomic E-state index is 12.9. The molecule has 0 aliphatic heterocycles. The fourth-order valence-corrected chi connectivity index (χ4v) is 2.92. The van der Waals surface area contributed by atoms with Crippen molar-refractivity contribution < 1.29 is 22.7 Å². The number of hydrogen-bond donors (Lipinski definition) is 2. The number of carbonyl (C=O) groups excluding carboxylic acids is 1. The molecule has 0 aliphatic rings. The van der Waals surface area contributed by atoms with Crippen LogP contribution in [-0.2, 0) is 6.18 Å². The number of hydrogen-bond acceptors (Lipinski definition) is 3. The molecule has 0 unspecified atom stereocenters. The quantitative estimate of drug-likeness (QED) is 0.405. The van der Waals surface area contributed by atoms with Crippen LogP contribution in [0.25, 0.3) is 11.1 Å². The molecule has 4 rings (SSSR count). The molecule has 5 nitrogen and oxygen atoms in total. The zero-order valence-corrected chi connectivity index (χ0v) is 16.0. The standard InChI is InChI=1S/C23H16F3N3O2/c24-23(25,26)17-4-1-3-15(11-17)16-12-21(28-13-16)22(30)29-18-6-8-19(9-7-18)31-20-5-2-10-27-14-20/h1-14,28H,(H,29,30). The molecule has 8 heteroatoms. The third kappa shape index (κ3) is 4.92. The predicted molar refractivity (Wildman–Crippen MR) is 110 cm³/mol. The smallest absolute Gasteiger partial charge is 0.416 e. The number of aromatic nitrogens is 2. The Balaban J connectivity index is 1.43. The van der Waals surface area contributed by atoms with E-state index in [1.54, 1.807) is 54.9 Å². The highest BCUT2D eigenvalue weighted by Gasteiger charge is 2.30. The summed E-state index contributed by atoms with van der Waals surface area (Å²) >= 11 is 0. The highest BCUT2D eigenvalue weighted by atomic mass is 19.4. The number of anilines is 1. The van der Waals surface area contributed by atoms with E-state index in [4.69, 9.17) is 4.74 Å². The van der Waals surface area contributed by atoms with Crippen molar-refractivity contribution in [1.82, 2.24) is 9.97 Å². The number of nitrogens with one attached hydrogen (secondary N) is 2. The number of aromatic amines is 1. The first-order valence-corrected chi connectivity index (χ1v) is 9.24. The lowest BCUT2D eigenvalue weighted by atomic mass is 10.1. The summed E-state index contributed by atoms with van der Waals surface area (Å²) in [6.45, 7) is 0. The van der Waals surface area contributed by atoms with E-state index in [1.165, 1.54) is 18.3 Å². The highest BCUT2D eigenvalue weighted by Crippen LogP contribution is 2.32. The number of benzene rings is 2. The number of amides is 1. The number of ether oxygens (including phenoxy) is 1. The van der Waals surface area contributed by atoms with Gasteiger partial charge in [-0.1, -0.05) is 12.1 Å². The molecule has 0 atom stereocenters. The Morgan fingerprint density at radius 2 is 1.74 bits per heavy atom. The maximum Gasteiger partial charge on any atom is 0.416 e. The maximum atomic E-state index is 12.9. The van der Waals surface area contributed by atoms with Crippen molar-refractivity contribution in [2.24, 2.45) is 0 Å². The van der Waals surface area contributed by atoms with Gasteiger partial charge in [0.15, 0.2) is 0 Å². The number of nitrogens with zero attached hydrogens (tertiary/aromatic N) is 1. The van der Waals surface area contributed by atoms with Gasteiger partial charge in [-0.25, -0.2) is 0 Å². The largest absolute Gasteiger partial charge is 0.456 e. The fourth-order valence-electron chi connectivity index (χ4n) is 2.92. The fraction of sp³-hybridized carbons (Fsp3) is 0.0435. The van der Waals surface area contributed by atoms with Gasteiger partial charge in [0.05, 0.1) is 11.8 Å². The second-order valence-corrected chi connectivity index (χ2v) is 6.65. The first-order valence-electron chi connectivity index (χ1n) is 9.24. The van der Waals surface area contributed by atoms with Gasteiger partial charge in [0.25, 0.3) is 5.91 Å². The topological polar surface area (TPSA) is 67.0 Å². The molecule has 0 spiro atoms. The van der Waals surface area contributed by atoms with Gasteiger partial charge in [0, 0.05) is 18.1 Å². The van der Waals surface area contributed by atoms with E-state index in [0.717, 1.165) is 12.1 Å². The second-order valence-electron chi connectivity index (χ2n) is 6.65. The van der Waals surface area contributed by atoms with E-state index in [2.05, 4.69) is 15.3 Å². The molecule has 156 valence electrons. The lowest BCUT2D eigenvalue weighted by Gasteiger charge is -2.08. The van der Waals surface area contributed by atoms with Gasteiger partial charge in [-0.3, -0.25) is 9.78 Å². The summed E-state index contributed by atoms with van der Waals surface area (Å²) in [7, 11) is 0. The van der Waals surface area contributed by atoms with Gasteiger partial charge < -0.3 is 15.0 Å². The van der Waals surface area contributed by atoms with Gasteiger partial charge in [0.2, 0.25) is 0 Å². The minimum absolute atomic E-state index is 0.225. The van der Waals surface area contributed by atoms with E-state index in [0.29, 0.717) is 28.3 Å². The Morgan fingerprint density at radius 3 is 2.45 bits per heavy atom. The Kier molecular flexibility index (Phi) is 5.44. The number of carbonyl (C=O) groups is 1. The first-order chi connectivity index (χ1) is 14.9. The number of halogens is 3. The van der Waals surface area contributed by atoms with Crippen LogP contribution in [0, 0.1) is 0 Å². The van der Waals surface area contributed by atoms with Crippen molar-refractivity contribution in [1.29, 1.82) is 0 Å². The minimum Gasteiger partial charge on any atom is -0.456 e. The molecule has 2 aromatic carbocycles. The monoisotopic (exact) mass is 423 g/mol. The third-order valence-electron chi connectivity index (χ3n) is 4.43. The van der Waals surface area contributed by atoms with Gasteiger partial charge in [-0.2, -0.15) is 13.2 Å². The van der Waals surface area contributed by atoms with E-state index < -0.39 is 17.6 Å². The summed E-state index contributed by atoms with van der Waals surface area (Å²) in [5.74, 6) is 0.754. The summed E-state index contributed by atoms with van der Waals surface area (Å²) in [4.78, 5) is 19.3. The predicted octanol–water partition coefficient (Wildman–Crippen LogP) is 6.14. The summed E-state index contributed by atoms with van der Waals surface area (Å²) in [6, 6.07) is 16.7. The van der Waals surface area contributed by atoms with Crippen LogP contribution in [0.1, 0.15) is 16.1 Å². The van der Waals surface area contributed by atoms with Crippen LogP contribution in [0.15, 0.2) is 85.3 Å². The average Bonchev–Trinajstić information content (AvgIpc) is 3.26. The summed E-state index contributed by atoms with van der Waals surface area (Å²) in [5, 5.41) is 2.73. The molecule has 0 saturated heterocycles. The molecule has 2 heterocycles. The van der Waals surface area contributed by atoms with E-state index in [-0.39, 0.29) is 5.69 Å². The molecular weight excluding hydrogens is 407 g/mol. The van der Waals surface area contributed by atoms with Crippen LogP contribution >= 0.6 is 0 Å². The Labute approximate surface area is 175 Å². The van der Waals surface area contributed by atoms with E-state index in [9.17, 15) is 18.0 Å². The molecular formula is C23H16F3N3O2. The zero-order valence-electron chi connectivity index (χ0n) is 16.0. The van der Waals surface area contributed by atoms with Crippen LogP contribution < -0.4 is 10.1 Å². The van der Waals surface area contributed by atoms with Crippen molar-refractivity contribution in [2.75, 3.05) is 5.32 Å². The second kappa shape index (κ2) is 8.35. The van der Waals surface area contributed by atoms with Crippen molar-refractivity contribution >= 4 is 11.6 Å². The Hall–Kier alpha value is -4.07. The zero-order chi connectivity index (χ0) is 21.8. The SMILES string of the molecule is O=C(Nc1ccc(Oc2cccnc2)cc1)c1cc(-c2cccc(C(F)(F)F)c2)c[nH]1. The van der Waals surface area contributed by atoms with E-state index in [1.807, 2.05) is 0 Å². The number of pyridine rings is 1. The molecule has 0 bridgehead atoms. The summed E-state index contributed by atoms with van der Waals surface area (Å²) in [5.41, 5.74) is 0.867. The van der Waals surface area contributed by atoms with Gasteiger partial charge in [-0.15, -0.1) is 0 Å². The molecule has 2 N–H and O–H groups in total. The van der Waals surface area contributed by atoms with Crippen LogP contribution in [-0.4, -0.2) is 15.9 Å². The summed E-state index contributed by atoms with van der Waals surface area (Å²) in [6.07, 6.45) is 0.294. The van der Waals surface area contributed by atoms with Crippen LogP contribution in [0.3, 0.4) is 0 Å². The van der Waals surface area contributed by atoms with E-state index >= 15 is 0 Å². The Morgan fingerprint density at radius 1 is 0.935 bits per heavy atom. The highest BCUT2D eigenvalue weighted by molar-refractivity contribution is 6.03. The molecule has 4 aromatic rings. The van der Waals surface area contributed by atoms with Gasteiger partial charge >= 0.3 is 6.18 Å². The average molecular weight is 423 g/mol. The molecule has 1 amide bonds. The minimum atomic E-state index is -4.43. The van der Waals surface area contributed by atoms with Crippen LogP contribution in [0.4, 0.5) is 18.9 Å². The molecule has 0 fully saturated rings. The van der Waals surface area contributed by atoms with Crippen LogP contribution in [0.5, 0.6) is 11.5 Å². The molecule has 31 heavy (non-hydrogen) atoms. The third-order valence-corrected chi connectivity index (χ3v) is 4.43. The van der Waals surface area contributed by atoms with Crippen molar-refractivity contribution in [2.45, 2.75) is 6.18 Å². The molecule has 0 aliphatic carbocycles. The first kappa shape index (κ1) is 20.2. The number of H-pyrrole nitrogens is 1. The molecule has 0 radical (unpaired) electrons.